The van der Waals surface area contributed by atoms with Crippen molar-refractivity contribution in [2.45, 2.75) is 18.7 Å². The number of rotatable bonds is 7. The molecule has 0 heterocycles. The Morgan fingerprint density at radius 3 is 2.33 bits per heavy atom. The highest BCUT2D eigenvalue weighted by molar-refractivity contribution is 7.88. The van der Waals surface area contributed by atoms with E-state index in [1.165, 1.54) is 38.5 Å². The number of ether oxygens (including phenoxy) is 2. The fourth-order valence-electron chi connectivity index (χ4n) is 2.35. The van der Waals surface area contributed by atoms with E-state index in [4.69, 9.17) is 9.47 Å². The topological polar surface area (TPSA) is 64.6 Å². The molecule has 0 aliphatic rings. The van der Waals surface area contributed by atoms with Gasteiger partial charge in [0.15, 0.2) is 0 Å². The summed E-state index contributed by atoms with van der Waals surface area (Å²) >= 11 is 0. The van der Waals surface area contributed by atoms with Crippen molar-refractivity contribution in [3.05, 3.63) is 59.4 Å². The summed E-state index contributed by atoms with van der Waals surface area (Å²) in [6.07, 6.45) is 0. The van der Waals surface area contributed by atoms with Gasteiger partial charge in [-0.1, -0.05) is 12.1 Å². The fourth-order valence-corrected chi connectivity index (χ4v) is 3.73. The van der Waals surface area contributed by atoms with Crippen LogP contribution in [0.2, 0.25) is 0 Å². The van der Waals surface area contributed by atoms with Crippen LogP contribution in [0.4, 0.5) is 4.39 Å². The number of sulfonamides is 1. The molecule has 24 heavy (non-hydrogen) atoms. The van der Waals surface area contributed by atoms with Gasteiger partial charge in [-0.3, -0.25) is 0 Å². The molecule has 0 aromatic heterocycles. The second-order valence-electron chi connectivity index (χ2n) is 5.33. The van der Waals surface area contributed by atoms with Crippen LogP contribution in [0.25, 0.3) is 0 Å². The van der Waals surface area contributed by atoms with Crippen LogP contribution in [0.3, 0.4) is 0 Å². The van der Waals surface area contributed by atoms with Crippen molar-refractivity contribution in [1.82, 2.24) is 4.72 Å². The number of nitrogens with one attached hydrogen (secondary N) is 1. The first-order chi connectivity index (χ1) is 11.3. The molecule has 0 spiro atoms. The van der Waals surface area contributed by atoms with Gasteiger partial charge in [0.25, 0.3) is 0 Å². The molecule has 2 aromatic carbocycles. The Hall–Kier alpha value is -2.12. The Morgan fingerprint density at radius 2 is 1.75 bits per heavy atom. The van der Waals surface area contributed by atoms with Gasteiger partial charge in [0, 0.05) is 11.6 Å². The first-order valence-electron chi connectivity index (χ1n) is 7.31. The number of methoxy groups -OCH3 is 2. The van der Waals surface area contributed by atoms with E-state index in [1.54, 1.807) is 25.1 Å². The minimum absolute atomic E-state index is 0.232. The van der Waals surface area contributed by atoms with E-state index in [1.807, 2.05) is 0 Å². The molecule has 2 aromatic rings. The lowest BCUT2D eigenvalue weighted by Crippen LogP contribution is -2.28. The van der Waals surface area contributed by atoms with Crippen molar-refractivity contribution in [1.29, 1.82) is 0 Å². The summed E-state index contributed by atoms with van der Waals surface area (Å²) in [6.45, 7) is 1.72. The second kappa shape index (κ2) is 7.63. The molecule has 1 unspecified atom stereocenters. The van der Waals surface area contributed by atoms with Crippen LogP contribution >= 0.6 is 0 Å². The number of hydrogen-bond acceptors (Lipinski definition) is 4. The van der Waals surface area contributed by atoms with Gasteiger partial charge in [-0.15, -0.1) is 0 Å². The predicted octanol–water partition coefficient (Wildman–Crippen LogP) is 3.02. The van der Waals surface area contributed by atoms with Crippen molar-refractivity contribution in [2.75, 3.05) is 14.2 Å². The highest BCUT2D eigenvalue weighted by atomic mass is 32.2. The lowest BCUT2D eigenvalue weighted by atomic mass is 10.1. The Morgan fingerprint density at radius 1 is 1.08 bits per heavy atom. The molecular weight excluding hydrogens is 333 g/mol. The van der Waals surface area contributed by atoms with Crippen molar-refractivity contribution in [2.24, 2.45) is 0 Å². The molecule has 0 radical (unpaired) electrons. The molecule has 0 aliphatic heterocycles. The van der Waals surface area contributed by atoms with Crippen LogP contribution in [-0.4, -0.2) is 22.6 Å². The van der Waals surface area contributed by atoms with Gasteiger partial charge < -0.3 is 9.47 Å². The third kappa shape index (κ3) is 4.69. The zero-order valence-electron chi connectivity index (χ0n) is 13.7. The number of hydrogen-bond donors (Lipinski definition) is 1. The molecule has 0 saturated heterocycles. The summed E-state index contributed by atoms with van der Waals surface area (Å²) in [7, 11) is -0.553. The van der Waals surface area contributed by atoms with Gasteiger partial charge >= 0.3 is 0 Å². The monoisotopic (exact) mass is 353 g/mol. The summed E-state index contributed by atoms with van der Waals surface area (Å²) in [6, 6.07) is 10.0. The molecule has 0 amide bonds. The van der Waals surface area contributed by atoms with Gasteiger partial charge in [0.05, 0.1) is 20.0 Å². The first-order valence-corrected chi connectivity index (χ1v) is 8.96. The molecule has 0 saturated carbocycles. The van der Waals surface area contributed by atoms with Gasteiger partial charge in [-0.2, -0.15) is 0 Å². The molecule has 2 rings (SSSR count). The first kappa shape index (κ1) is 18.2. The van der Waals surface area contributed by atoms with E-state index in [-0.39, 0.29) is 5.75 Å². The average molecular weight is 353 g/mol. The maximum Gasteiger partial charge on any atom is 0.216 e. The lowest BCUT2D eigenvalue weighted by Gasteiger charge is -2.18. The van der Waals surface area contributed by atoms with Crippen molar-refractivity contribution in [3.8, 4) is 11.5 Å². The molecule has 0 aliphatic carbocycles. The van der Waals surface area contributed by atoms with Crippen LogP contribution in [0.1, 0.15) is 24.1 Å². The Balaban J connectivity index is 2.18. The van der Waals surface area contributed by atoms with E-state index in [0.29, 0.717) is 22.6 Å². The van der Waals surface area contributed by atoms with Crippen LogP contribution in [0.5, 0.6) is 11.5 Å². The van der Waals surface area contributed by atoms with Gasteiger partial charge in [-0.25, -0.2) is 17.5 Å². The van der Waals surface area contributed by atoms with Crippen molar-refractivity contribution in [3.63, 3.8) is 0 Å². The normalized spacial score (nSPS) is 12.7. The molecular formula is C17H20FNO4S. The summed E-state index contributed by atoms with van der Waals surface area (Å²) in [5.74, 6) is 0.533. The Bertz CT molecular complexity index is 791. The third-order valence-corrected chi connectivity index (χ3v) is 4.96. The average Bonchev–Trinajstić information content (AvgIpc) is 2.55. The fraction of sp³-hybridized carbons (Fsp3) is 0.294. The molecule has 7 heteroatoms. The van der Waals surface area contributed by atoms with Crippen LogP contribution < -0.4 is 14.2 Å². The summed E-state index contributed by atoms with van der Waals surface area (Å²) in [4.78, 5) is 0. The molecule has 1 N–H and O–H groups in total. The smallest absolute Gasteiger partial charge is 0.216 e. The van der Waals surface area contributed by atoms with Crippen LogP contribution in [-0.2, 0) is 15.8 Å². The predicted molar refractivity (Wildman–Crippen MR) is 90.1 cm³/mol. The van der Waals surface area contributed by atoms with E-state index >= 15 is 0 Å². The van der Waals surface area contributed by atoms with E-state index < -0.39 is 21.9 Å². The molecule has 0 fully saturated rings. The molecule has 0 bridgehead atoms. The minimum atomic E-state index is -3.61. The molecule has 130 valence electrons. The van der Waals surface area contributed by atoms with Gasteiger partial charge in [-0.05, 0) is 42.8 Å². The standard InChI is InChI=1S/C17H20FNO4S/c1-12(16-10-15(22-2)8-9-17(16)23-3)19-24(20,21)11-13-4-6-14(18)7-5-13/h4-10,12,19H,11H2,1-3H3. The Labute approximate surface area is 141 Å². The van der Waals surface area contributed by atoms with Crippen molar-refractivity contribution < 1.29 is 22.3 Å². The van der Waals surface area contributed by atoms with Crippen molar-refractivity contribution >= 4 is 10.0 Å². The van der Waals surface area contributed by atoms with E-state index in [2.05, 4.69) is 4.72 Å². The third-order valence-electron chi connectivity index (χ3n) is 3.53. The zero-order valence-corrected chi connectivity index (χ0v) is 14.6. The van der Waals surface area contributed by atoms with E-state index in [0.717, 1.165) is 0 Å². The summed E-state index contributed by atoms with van der Waals surface area (Å²) in [5.41, 5.74) is 1.17. The lowest BCUT2D eigenvalue weighted by molar-refractivity contribution is 0.395. The quantitative estimate of drug-likeness (QED) is 0.831. The molecule has 1 atom stereocenters. The summed E-state index contributed by atoms with van der Waals surface area (Å²) in [5, 5.41) is 0. The second-order valence-corrected chi connectivity index (χ2v) is 7.09. The largest absolute Gasteiger partial charge is 0.497 e. The van der Waals surface area contributed by atoms with Crippen LogP contribution in [0.15, 0.2) is 42.5 Å². The minimum Gasteiger partial charge on any atom is -0.497 e. The van der Waals surface area contributed by atoms with Gasteiger partial charge in [0.1, 0.15) is 17.3 Å². The highest BCUT2D eigenvalue weighted by Crippen LogP contribution is 2.29. The number of benzene rings is 2. The maximum atomic E-state index is 12.9. The highest BCUT2D eigenvalue weighted by Gasteiger charge is 2.20. The zero-order chi connectivity index (χ0) is 17.7. The van der Waals surface area contributed by atoms with Crippen LogP contribution in [0, 0.1) is 5.82 Å². The van der Waals surface area contributed by atoms with E-state index in [9.17, 15) is 12.8 Å². The maximum absolute atomic E-state index is 12.9. The number of halogens is 1. The molecule has 5 nitrogen and oxygen atoms in total. The summed E-state index contributed by atoms with van der Waals surface area (Å²) < 4.78 is 50.7. The SMILES string of the molecule is COc1ccc(OC)c(C(C)NS(=O)(=O)Cc2ccc(F)cc2)c1. The Kier molecular flexibility index (Phi) is 5.80. The van der Waals surface area contributed by atoms with Gasteiger partial charge in [0.2, 0.25) is 10.0 Å².